The first kappa shape index (κ1) is 15.0. The van der Waals surface area contributed by atoms with E-state index in [4.69, 9.17) is 14.0 Å². The van der Waals surface area contributed by atoms with Gasteiger partial charge < -0.3 is 14.0 Å². The van der Waals surface area contributed by atoms with Crippen LogP contribution in [-0.2, 0) is 9.31 Å². The molecule has 3 nitrogen and oxygen atoms in total. The topological polar surface area (TPSA) is 27.7 Å². The molecule has 1 heterocycles. The van der Waals surface area contributed by atoms with Crippen molar-refractivity contribution in [2.75, 3.05) is 0 Å². The minimum Gasteiger partial charge on any atom is -0.459 e. The summed E-state index contributed by atoms with van der Waals surface area (Å²) in [6, 6.07) is 6.67. The van der Waals surface area contributed by atoms with Crippen LogP contribution in [-0.4, -0.2) is 18.3 Å². The van der Waals surface area contributed by atoms with E-state index in [1.807, 2.05) is 27.7 Å². The van der Waals surface area contributed by atoms with Crippen LogP contribution >= 0.6 is 0 Å². The number of ether oxygens (including phenoxy) is 1. The summed E-state index contributed by atoms with van der Waals surface area (Å²) in [5, 5.41) is 0. The van der Waals surface area contributed by atoms with Gasteiger partial charge in [0.1, 0.15) is 5.75 Å². The molecule has 1 aliphatic heterocycles. The molecule has 1 aromatic rings. The summed E-state index contributed by atoms with van der Waals surface area (Å²) >= 11 is 0. The van der Waals surface area contributed by atoms with Crippen LogP contribution in [0.5, 0.6) is 5.75 Å². The second kappa shape index (κ2) is 5.18. The lowest BCUT2D eigenvalue weighted by Gasteiger charge is -2.32. The first-order chi connectivity index (χ1) is 9.21. The van der Waals surface area contributed by atoms with Crippen molar-refractivity contribution in [3.05, 3.63) is 36.6 Å². The molecular formula is C14H17BF2O3. The van der Waals surface area contributed by atoms with Crippen molar-refractivity contribution in [3.63, 3.8) is 0 Å². The van der Waals surface area contributed by atoms with Gasteiger partial charge in [-0.05, 0) is 45.3 Å². The maximum atomic E-state index is 11.9. The number of benzene rings is 1. The third-order valence-corrected chi connectivity index (χ3v) is 3.69. The minimum atomic E-state index is -1.87. The van der Waals surface area contributed by atoms with Gasteiger partial charge in [0, 0.05) is 0 Å². The molecule has 0 radical (unpaired) electrons. The summed E-state index contributed by atoms with van der Waals surface area (Å²) in [6.07, 6.45) is -1.47. The molecule has 2 rings (SSSR count). The molecule has 0 unspecified atom stereocenters. The number of hydrogen-bond donors (Lipinski definition) is 0. The maximum absolute atomic E-state index is 11.9. The Morgan fingerprint density at radius 3 is 2.00 bits per heavy atom. The number of halogens is 2. The highest BCUT2D eigenvalue weighted by Gasteiger charge is 2.51. The van der Waals surface area contributed by atoms with Gasteiger partial charge in [0.05, 0.1) is 11.2 Å². The summed E-state index contributed by atoms with van der Waals surface area (Å²) in [4.78, 5) is 0. The van der Waals surface area contributed by atoms with Crippen LogP contribution in [0.2, 0.25) is 0 Å². The van der Waals surface area contributed by atoms with E-state index in [2.05, 4.69) is 0 Å². The van der Waals surface area contributed by atoms with E-state index >= 15 is 0 Å². The zero-order chi connectivity index (χ0) is 15.0. The summed E-state index contributed by atoms with van der Waals surface area (Å²) in [5.41, 5.74) is 0.000512. The highest BCUT2D eigenvalue weighted by molar-refractivity contribution is 6.62. The highest BCUT2D eigenvalue weighted by Crippen LogP contribution is 2.36. The van der Waals surface area contributed by atoms with E-state index in [9.17, 15) is 8.78 Å². The third-order valence-electron chi connectivity index (χ3n) is 3.69. The van der Waals surface area contributed by atoms with Crippen LogP contribution in [0.3, 0.4) is 0 Å². The molecule has 0 aromatic heterocycles. The lowest BCUT2D eigenvalue weighted by Crippen LogP contribution is -2.41. The lowest BCUT2D eigenvalue weighted by atomic mass is 9.79. The second-order valence-corrected chi connectivity index (χ2v) is 5.68. The molecule has 1 saturated heterocycles. The Balaban J connectivity index is 2.10. The SMILES string of the molecule is CC1(C)OB(c2ccc(OC=C(F)F)cc2)OC1(C)C. The van der Waals surface area contributed by atoms with Gasteiger partial charge >= 0.3 is 13.2 Å². The molecule has 0 bridgehead atoms. The maximum Gasteiger partial charge on any atom is 0.494 e. The first-order valence-corrected chi connectivity index (χ1v) is 6.35. The molecule has 0 spiro atoms. The van der Waals surface area contributed by atoms with Crippen molar-refractivity contribution in [1.29, 1.82) is 0 Å². The largest absolute Gasteiger partial charge is 0.494 e. The van der Waals surface area contributed by atoms with E-state index in [0.717, 1.165) is 5.46 Å². The Bertz CT molecular complexity index is 492. The Kier molecular flexibility index (Phi) is 3.89. The van der Waals surface area contributed by atoms with Crippen LogP contribution in [0.4, 0.5) is 8.78 Å². The van der Waals surface area contributed by atoms with Crippen LogP contribution < -0.4 is 10.2 Å². The normalized spacial score (nSPS) is 19.8. The number of rotatable bonds is 3. The molecule has 0 aliphatic carbocycles. The summed E-state index contributed by atoms with van der Waals surface area (Å²) < 4.78 is 40.4. The third kappa shape index (κ3) is 3.02. The smallest absolute Gasteiger partial charge is 0.459 e. The fraction of sp³-hybridized carbons (Fsp3) is 0.429. The molecule has 20 heavy (non-hydrogen) atoms. The Hall–Kier alpha value is -1.40. The zero-order valence-electron chi connectivity index (χ0n) is 11.9. The van der Waals surface area contributed by atoms with Crippen molar-refractivity contribution in [2.24, 2.45) is 0 Å². The van der Waals surface area contributed by atoms with Crippen LogP contribution in [0.25, 0.3) is 0 Å². The monoisotopic (exact) mass is 282 g/mol. The average molecular weight is 282 g/mol. The van der Waals surface area contributed by atoms with Gasteiger partial charge in [-0.1, -0.05) is 12.1 Å². The fourth-order valence-corrected chi connectivity index (χ4v) is 1.80. The van der Waals surface area contributed by atoms with Gasteiger partial charge in [-0.15, -0.1) is 0 Å². The first-order valence-electron chi connectivity index (χ1n) is 6.35. The quantitative estimate of drug-likeness (QED) is 0.629. The molecule has 6 heteroatoms. The van der Waals surface area contributed by atoms with Gasteiger partial charge in [0.25, 0.3) is 0 Å². The summed E-state index contributed by atoms with van der Waals surface area (Å²) in [6.45, 7) is 7.89. The van der Waals surface area contributed by atoms with Crippen LogP contribution in [0.1, 0.15) is 27.7 Å². The molecule has 0 N–H and O–H groups in total. The van der Waals surface area contributed by atoms with Crippen LogP contribution in [0.15, 0.2) is 36.6 Å². The zero-order valence-corrected chi connectivity index (χ0v) is 11.9. The molecule has 1 fully saturated rings. The summed E-state index contributed by atoms with van der Waals surface area (Å²) in [7, 11) is -0.470. The lowest BCUT2D eigenvalue weighted by molar-refractivity contribution is 0.00578. The predicted molar refractivity (Wildman–Crippen MR) is 73.1 cm³/mol. The van der Waals surface area contributed by atoms with E-state index in [0.29, 0.717) is 12.0 Å². The molecule has 0 amide bonds. The van der Waals surface area contributed by atoms with Crippen molar-refractivity contribution in [1.82, 2.24) is 0 Å². The number of hydrogen-bond acceptors (Lipinski definition) is 3. The van der Waals surface area contributed by atoms with Crippen molar-refractivity contribution >= 4 is 12.6 Å². The predicted octanol–water partition coefficient (Wildman–Crippen LogP) is 3.10. The molecule has 1 aromatic carbocycles. The highest BCUT2D eigenvalue weighted by atomic mass is 19.3. The van der Waals surface area contributed by atoms with E-state index in [1.165, 1.54) is 0 Å². The van der Waals surface area contributed by atoms with E-state index in [1.54, 1.807) is 24.3 Å². The fourth-order valence-electron chi connectivity index (χ4n) is 1.80. The molecule has 0 saturated carbocycles. The Morgan fingerprint density at radius 2 is 1.55 bits per heavy atom. The minimum absolute atomic E-state index is 0.332. The van der Waals surface area contributed by atoms with Gasteiger partial charge in [-0.3, -0.25) is 0 Å². The second-order valence-electron chi connectivity index (χ2n) is 5.68. The molecule has 108 valence electrons. The van der Waals surface area contributed by atoms with E-state index in [-0.39, 0.29) is 0 Å². The Morgan fingerprint density at radius 1 is 1.05 bits per heavy atom. The van der Waals surface area contributed by atoms with Gasteiger partial charge in [0.15, 0.2) is 6.26 Å². The van der Waals surface area contributed by atoms with E-state index < -0.39 is 24.4 Å². The standard InChI is InChI=1S/C14H17BF2O3/c1-13(2)14(3,4)20-15(19-13)10-5-7-11(8-6-10)18-9-12(16)17/h5-9H,1-4H3. The van der Waals surface area contributed by atoms with Gasteiger partial charge in [0.2, 0.25) is 0 Å². The van der Waals surface area contributed by atoms with Gasteiger partial charge in [-0.2, -0.15) is 8.78 Å². The molecular weight excluding hydrogens is 265 g/mol. The Labute approximate surface area is 117 Å². The van der Waals surface area contributed by atoms with Crippen LogP contribution in [0, 0.1) is 0 Å². The van der Waals surface area contributed by atoms with Crippen molar-refractivity contribution in [2.45, 2.75) is 38.9 Å². The summed E-state index contributed by atoms with van der Waals surface area (Å²) in [5.74, 6) is 0.332. The molecule has 0 atom stereocenters. The van der Waals surface area contributed by atoms with Gasteiger partial charge in [-0.25, -0.2) is 0 Å². The average Bonchev–Trinajstić information content (AvgIpc) is 2.56. The van der Waals surface area contributed by atoms with Crippen molar-refractivity contribution in [3.8, 4) is 5.75 Å². The van der Waals surface area contributed by atoms with Crippen molar-refractivity contribution < 1.29 is 22.8 Å². The molecule has 1 aliphatic rings.